The molecule has 0 aromatic rings. The van der Waals surface area contributed by atoms with E-state index in [0.717, 1.165) is 6.42 Å². The number of rotatable bonds is 15. The molecule has 0 heterocycles. The summed E-state index contributed by atoms with van der Waals surface area (Å²) in [4.78, 5) is 11.1. The molecular weight excluding hydrogens is 324 g/mol. The standard InChI is InChI=1S/C19H37ClO2Si/c1-4-16-19(21)22-17-14-12-10-8-6-5-7-9-11-13-15-18-23(2,3)20/h4,16H,5-15,17-18H2,1-3H3. The quantitative estimate of drug-likeness (QED) is 0.105. The lowest BCUT2D eigenvalue weighted by Gasteiger charge is -2.11. The van der Waals surface area contributed by atoms with Crippen molar-refractivity contribution in [1.29, 1.82) is 0 Å². The maximum atomic E-state index is 11.1. The molecule has 0 aliphatic heterocycles. The molecule has 0 unspecified atom stereocenters. The molecule has 0 aliphatic carbocycles. The van der Waals surface area contributed by atoms with E-state index in [1.807, 2.05) is 6.92 Å². The van der Waals surface area contributed by atoms with E-state index < -0.39 is 7.38 Å². The summed E-state index contributed by atoms with van der Waals surface area (Å²) in [5.41, 5.74) is 0. The lowest BCUT2D eigenvalue weighted by Crippen LogP contribution is -2.14. The van der Waals surface area contributed by atoms with Gasteiger partial charge in [-0.2, -0.15) is 11.1 Å². The van der Waals surface area contributed by atoms with E-state index in [1.165, 1.54) is 76.3 Å². The van der Waals surface area contributed by atoms with Crippen LogP contribution in [0.15, 0.2) is 12.2 Å². The van der Waals surface area contributed by atoms with Gasteiger partial charge in [0, 0.05) is 6.08 Å². The molecule has 0 aliphatic rings. The van der Waals surface area contributed by atoms with E-state index in [1.54, 1.807) is 6.08 Å². The van der Waals surface area contributed by atoms with Crippen LogP contribution in [-0.4, -0.2) is 20.0 Å². The monoisotopic (exact) mass is 360 g/mol. The lowest BCUT2D eigenvalue weighted by molar-refractivity contribution is -0.137. The molecule has 0 aromatic carbocycles. The minimum atomic E-state index is -1.33. The van der Waals surface area contributed by atoms with Gasteiger partial charge in [-0.3, -0.25) is 0 Å². The Morgan fingerprint density at radius 3 is 1.74 bits per heavy atom. The minimum absolute atomic E-state index is 0.218. The molecule has 23 heavy (non-hydrogen) atoms. The second-order valence-electron chi connectivity index (χ2n) is 7.03. The molecule has 0 radical (unpaired) electrons. The fourth-order valence-electron chi connectivity index (χ4n) is 2.60. The van der Waals surface area contributed by atoms with Gasteiger partial charge in [0.1, 0.15) is 7.38 Å². The normalized spacial score (nSPS) is 12.0. The van der Waals surface area contributed by atoms with Crippen molar-refractivity contribution in [3.63, 3.8) is 0 Å². The second kappa shape index (κ2) is 15.3. The molecule has 0 rings (SSSR count). The Morgan fingerprint density at radius 2 is 1.30 bits per heavy atom. The van der Waals surface area contributed by atoms with Gasteiger partial charge in [0.2, 0.25) is 0 Å². The number of allylic oxidation sites excluding steroid dienone is 1. The summed E-state index contributed by atoms with van der Waals surface area (Å²) >= 11 is 6.32. The highest BCUT2D eigenvalue weighted by Gasteiger charge is 2.15. The van der Waals surface area contributed by atoms with Crippen LogP contribution in [0.1, 0.15) is 77.6 Å². The fourth-order valence-corrected chi connectivity index (χ4v) is 4.09. The Bertz CT molecular complexity index is 311. The molecule has 0 aromatic heterocycles. The first kappa shape index (κ1) is 22.7. The van der Waals surface area contributed by atoms with Gasteiger partial charge in [0.05, 0.1) is 6.61 Å². The molecule has 136 valence electrons. The van der Waals surface area contributed by atoms with Crippen LogP contribution in [0.25, 0.3) is 0 Å². The van der Waals surface area contributed by atoms with E-state index in [9.17, 15) is 4.79 Å². The zero-order valence-corrected chi connectivity index (χ0v) is 17.3. The summed E-state index contributed by atoms with van der Waals surface area (Å²) in [6.07, 6.45) is 17.4. The molecule has 0 fully saturated rings. The van der Waals surface area contributed by atoms with Crippen LogP contribution in [0.4, 0.5) is 0 Å². The van der Waals surface area contributed by atoms with Crippen molar-refractivity contribution in [2.45, 2.75) is 96.7 Å². The highest BCUT2D eigenvalue weighted by molar-refractivity contribution is 7.19. The predicted molar refractivity (Wildman–Crippen MR) is 105 cm³/mol. The van der Waals surface area contributed by atoms with Gasteiger partial charge >= 0.3 is 5.97 Å². The van der Waals surface area contributed by atoms with Crippen molar-refractivity contribution in [2.24, 2.45) is 0 Å². The van der Waals surface area contributed by atoms with Crippen LogP contribution in [0.3, 0.4) is 0 Å². The molecular formula is C19H37ClO2Si. The van der Waals surface area contributed by atoms with Crippen molar-refractivity contribution in [3.8, 4) is 0 Å². The van der Waals surface area contributed by atoms with Crippen LogP contribution in [0.2, 0.25) is 19.1 Å². The predicted octanol–water partition coefficient (Wildman–Crippen LogP) is 6.84. The molecule has 0 atom stereocenters. The number of carbonyl (C=O) groups excluding carboxylic acids is 1. The highest BCUT2D eigenvalue weighted by atomic mass is 35.6. The Morgan fingerprint density at radius 1 is 0.870 bits per heavy atom. The van der Waals surface area contributed by atoms with Crippen molar-refractivity contribution in [1.82, 2.24) is 0 Å². The number of unbranched alkanes of at least 4 members (excludes halogenated alkanes) is 10. The molecule has 0 spiro atoms. The Balaban J connectivity index is 3.12. The van der Waals surface area contributed by atoms with Crippen LogP contribution in [0.5, 0.6) is 0 Å². The summed E-state index contributed by atoms with van der Waals surface area (Å²) in [5.74, 6) is -0.218. The van der Waals surface area contributed by atoms with Gasteiger partial charge < -0.3 is 4.74 Å². The minimum Gasteiger partial charge on any atom is -0.463 e. The number of esters is 1. The Labute approximate surface area is 149 Å². The van der Waals surface area contributed by atoms with Gasteiger partial charge in [-0.15, -0.1) is 0 Å². The van der Waals surface area contributed by atoms with Gasteiger partial charge in [-0.1, -0.05) is 83.4 Å². The Hall–Kier alpha value is -0.283. The third-order valence-electron chi connectivity index (χ3n) is 3.96. The first-order valence-electron chi connectivity index (χ1n) is 9.44. The maximum absolute atomic E-state index is 11.1. The molecule has 0 saturated carbocycles. The highest BCUT2D eigenvalue weighted by Crippen LogP contribution is 2.19. The lowest BCUT2D eigenvalue weighted by atomic mass is 10.1. The molecule has 4 heteroatoms. The third-order valence-corrected chi connectivity index (χ3v) is 6.07. The van der Waals surface area contributed by atoms with Crippen LogP contribution in [-0.2, 0) is 9.53 Å². The largest absolute Gasteiger partial charge is 0.463 e. The van der Waals surface area contributed by atoms with E-state index in [2.05, 4.69) is 13.1 Å². The number of hydrogen-bond donors (Lipinski definition) is 0. The van der Waals surface area contributed by atoms with Crippen molar-refractivity contribution >= 4 is 24.4 Å². The summed E-state index contributed by atoms with van der Waals surface area (Å²) in [7, 11) is -1.33. The van der Waals surface area contributed by atoms with Crippen molar-refractivity contribution in [3.05, 3.63) is 12.2 Å². The van der Waals surface area contributed by atoms with E-state index in [0.29, 0.717) is 6.61 Å². The summed E-state index contributed by atoms with van der Waals surface area (Å²) in [6.45, 7) is 6.86. The molecule has 0 N–H and O–H groups in total. The topological polar surface area (TPSA) is 26.3 Å². The third kappa shape index (κ3) is 19.7. The van der Waals surface area contributed by atoms with Gasteiger partial charge in [-0.25, -0.2) is 4.79 Å². The maximum Gasteiger partial charge on any atom is 0.330 e. The van der Waals surface area contributed by atoms with E-state index >= 15 is 0 Å². The first-order valence-corrected chi connectivity index (χ1v) is 13.7. The molecule has 2 nitrogen and oxygen atoms in total. The van der Waals surface area contributed by atoms with Crippen molar-refractivity contribution in [2.75, 3.05) is 6.61 Å². The molecule has 0 saturated heterocycles. The van der Waals surface area contributed by atoms with Crippen molar-refractivity contribution < 1.29 is 9.53 Å². The number of ether oxygens (including phenoxy) is 1. The van der Waals surface area contributed by atoms with Crippen LogP contribution >= 0.6 is 11.1 Å². The Kier molecular flexibility index (Phi) is 15.1. The average molecular weight is 361 g/mol. The summed E-state index contributed by atoms with van der Waals surface area (Å²) in [5, 5.41) is 0. The average Bonchev–Trinajstić information content (AvgIpc) is 2.46. The molecule has 0 bridgehead atoms. The number of carbonyl (C=O) groups is 1. The number of halogens is 1. The first-order chi connectivity index (χ1) is 11.0. The van der Waals surface area contributed by atoms with Gasteiger partial charge in [0.25, 0.3) is 0 Å². The second-order valence-corrected chi connectivity index (χ2v) is 14.0. The van der Waals surface area contributed by atoms with Crippen LogP contribution in [0, 0.1) is 0 Å². The van der Waals surface area contributed by atoms with Gasteiger partial charge in [-0.05, 0) is 19.4 Å². The van der Waals surface area contributed by atoms with E-state index in [4.69, 9.17) is 15.8 Å². The zero-order chi connectivity index (χ0) is 17.4. The van der Waals surface area contributed by atoms with Crippen LogP contribution < -0.4 is 0 Å². The van der Waals surface area contributed by atoms with E-state index in [-0.39, 0.29) is 5.97 Å². The SMILES string of the molecule is CC=CC(=O)OCCCCCCCCCCCCC[Si](C)(C)Cl. The number of hydrogen-bond acceptors (Lipinski definition) is 2. The molecule has 0 amide bonds. The van der Waals surface area contributed by atoms with Gasteiger partial charge in [0.15, 0.2) is 0 Å². The smallest absolute Gasteiger partial charge is 0.330 e. The zero-order valence-electron chi connectivity index (χ0n) is 15.5. The summed E-state index contributed by atoms with van der Waals surface area (Å²) in [6, 6.07) is 1.26. The summed E-state index contributed by atoms with van der Waals surface area (Å²) < 4.78 is 5.06. The fraction of sp³-hybridized carbons (Fsp3) is 0.842.